The first-order valence-electron chi connectivity index (χ1n) is 6.87. The molecule has 1 aromatic heterocycles. The van der Waals surface area contributed by atoms with Gasteiger partial charge in [-0.2, -0.15) is 0 Å². The number of fused-ring (bicyclic) bond motifs is 1. The lowest BCUT2D eigenvalue weighted by Crippen LogP contribution is -2.39. The lowest BCUT2D eigenvalue weighted by Gasteiger charge is -2.29. The van der Waals surface area contributed by atoms with E-state index in [1.165, 1.54) is 0 Å². The van der Waals surface area contributed by atoms with Gasteiger partial charge in [-0.1, -0.05) is 18.2 Å². The summed E-state index contributed by atoms with van der Waals surface area (Å²) in [7, 11) is 0. The molecular weight excluding hydrogens is 256 g/mol. The molecule has 0 bridgehead atoms. The van der Waals surface area contributed by atoms with Crippen LogP contribution in [0.3, 0.4) is 0 Å². The summed E-state index contributed by atoms with van der Waals surface area (Å²) in [5.74, 6) is -0.953. The lowest BCUT2D eigenvalue weighted by atomic mass is 10.0. The Hall–Kier alpha value is -1.85. The van der Waals surface area contributed by atoms with Crippen molar-refractivity contribution in [3.05, 3.63) is 35.6 Å². The van der Waals surface area contributed by atoms with Gasteiger partial charge >= 0.3 is 5.97 Å². The molecule has 3 rings (SSSR count). The van der Waals surface area contributed by atoms with Crippen LogP contribution in [0.1, 0.15) is 29.0 Å². The summed E-state index contributed by atoms with van der Waals surface area (Å²) in [6.07, 6.45) is 1.91. The van der Waals surface area contributed by atoms with Gasteiger partial charge in [0.05, 0.1) is 0 Å². The fourth-order valence-corrected chi connectivity index (χ4v) is 2.76. The van der Waals surface area contributed by atoms with Gasteiger partial charge < -0.3 is 15.3 Å². The molecule has 0 spiro atoms. The van der Waals surface area contributed by atoms with Gasteiger partial charge in [0, 0.05) is 23.5 Å². The predicted octanol–water partition coefficient (Wildman–Crippen LogP) is 2.05. The largest absolute Gasteiger partial charge is 0.475 e. The minimum Gasteiger partial charge on any atom is -0.475 e. The van der Waals surface area contributed by atoms with Gasteiger partial charge in [-0.25, -0.2) is 4.79 Å². The van der Waals surface area contributed by atoms with Crippen molar-refractivity contribution in [2.24, 2.45) is 5.73 Å². The number of para-hydroxylation sites is 1. The van der Waals surface area contributed by atoms with Gasteiger partial charge in [0.2, 0.25) is 5.76 Å². The Morgan fingerprint density at radius 2 is 2.05 bits per heavy atom. The Bertz CT molecular complexity index is 627. The van der Waals surface area contributed by atoms with Gasteiger partial charge in [0.25, 0.3) is 0 Å². The maximum absolute atomic E-state index is 11.4. The first-order valence-corrected chi connectivity index (χ1v) is 6.87. The van der Waals surface area contributed by atoms with Crippen molar-refractivity contribution in [3.8, 4) is 0 Å². The van der Waals surface area contributed by atoms with Gasteiger partial charge in [0.15, 0.2) is 0 Å². The van der Waals surface area contributed by atoms with Crippen molar-refractivity contribution in [1.29, 1.82) is 0 Å². The topological polar surface area (TPSA) is 79.7 Å². The molecule has 3 N–H and O–H groups in total. The minimum atomic E-state index is -1.01. The first kappa shape index (κ1) is 13.1. The van der Waals surface area contributed by atoms with Crippen molar-refractivity contribution < 1.29 is 14.3 Å². The summed E-state index contributed by atoms with van der Waals surface area (Å²) in [5, 5.41) is 10.2. The standard InChI is InChI=1S/C15H18N2O3/c16-10-5-7-17(8-6-10)9-12-11-3-1-2-4-13(11)20-14(12)15(18)19/h1-4,10H,5-9,16H2,(H,18,19). The highest BCUT2D eigenvalue weighted by atomic mass is 16.4. The molecule has 0 saturated carbocycles. The number of carbonyl (C=O) groups is 1. The van der Waals surface area contributed by atoms with Crippen molar-refractivity contribution in [2.75, 3.05) is 13.1 Å². The maximum Gasteiger partial charge on any atom is 0.372 e. The molecule has 1 aromatic carbocycles. The summed E-state index contributed by atoms with van der Waals surface area (Å²) < 4.78 is 5.47. The number of carboxylic acid groups (broad SMARTS) is 1. The van der Waals surface area contributed by atoms with Crippen LogP contribution in [-0.4, -0.2) is 35.1 Å². The minimum absolute atomic E-state index is 0.0565. The van der Waals surface area contributed by atoms with E-state index in [9.17, 15) is 9.90 Å². The number of likely N-dealkylation sites (tertiary alicyclic amines) is 1. The Kier molecular flexibility index (Phi) is 3.46. The molecule has 0 aliphatic carbocycles. The Labute approximate surface area is 117 Å². The molecule has 1 aliphatic heterocycles. The summed E-state index contributed by atoms with van der Waals surface area (Å²) in [6, 6.07) is 7.74. The molecule has 106 valence electrons. The molecule has 0 unspecified atom stereocenters. The maximum atomic E-state index is 11.4. The summed E-state index contributed by atoms with van der Waals surface area (Å²) in [6.45, 7) is 2.41. The quantitative estimate of drug-likeness (QED) is 0.895. The Morgan fingerprint density at radius 3 is 2.75 bits per heavy atom. The van der Waals surface area contributed by atoms with Crippen LogP contribution in [0, 0.1) is 0 Å². The molecule has 5 heteroatoms. The van der Waals surface area contributed by atoms with Crippen LogP contribution in [0.2, 0.25) is 0 Å². The molecule has 1 aliphatic rings. The normalized spacial score (nSPS) is 17.6. The van der Waals surface area contributed by atoms with Gasteiger partial charge in [-0.05, 0) is 32.0 Å². The molecule has 1 saturated heterocycles. The molecule has 2 heterocycles. The Balaban J connectivity index is 1.93. The monoisotopic (exact) mass is 274 g/mol. The van der Waals surface area contributed by atoms with Gasteiger partial charge in [-0.3, -0.25) is 4.90 Å². The van der Waals surface area contributed by atoms with Crippen LogP contribution in [0.5, 0.6) is 0 Å². The highest BCUT2D eigenvalue weighted by Gasteiger charge is 2.23. The number of furan rings is 1. The summed E-state index contributed by atoms with van der Waals surface area (Å²) in [5.41, 5.74) is 7.30. The average Bonchev–Trinajstić information content (AvgIpc) is 2.81. The number of hydrogen-bond acceptors (Lipinski definition) is 4. The molecule has 5 nitrogen and oxygen atoms in total. The third kappa shape index (κ3) is 2.42. The number of carboxylic acids is 1. The fourth-order valence-electron chi connectivity index (χ4n) is 2.76. The van der Waals surface area contributed by atoms with E-state index in [1.54, 1.807) is 6.07 Å². The predicted molar refractivity (Wildman–Crippen MR) is 75.7 cm³/mol. The number of rotatable bonds is 3. The lowest BCUT2D eigenvalue weighted by molar-refractivity contribution is 0.0661. The zero-order valence-electron chi connectivity index (χ0n) is 11.2. The van der Waals surface area contributed by atoms with Crippen molar-refractivity contribution in [2.45, 2.75) is 25.4 Å². The molecule has 0 amide bonds. The summed E-state index contributed by atoms with van der Waals surface area (Å²) >= 11 is 0. The zero-order chi connectivity index (χ0) is 14.1. The number of nitrogens with zero attached hydrogens (tertiary/aromatic N) is 1. The molecule has 1 fully saturated rings. The highest BCUT2D eigenvalue weighted by Crippen LogP contribution is 2.28. The van der Waals surface area contributed by atoms with E-state index < -0.39 is 5.97 Å². The van der Waals surface area contributed by atoms with Gasteiger partial charge in [0.1, 0.15) is 5.58 Å². The fraction of sp³-hybridized carbons (Fsp3) is 0.400. The second-order valence-corrected chi connectivity index (χ2v) is 5.32. The van der Waals surface area contributed by atoms with Crippen LogP contribution in [0.15, 0.2) is 28.7 Å². The highest BCUT2D eigenvalue weighted by molar-refractivity contribution is 5.95. The van der Waals surface area contributed by atoms with Crippen molar-refractivity contribution in [1.82, 2.24) is 4.90 Å². The van der Waals surface area contributed by atoms with E-state index in [0.717, 1.165) is 36.9 Å². The molecular formula is C15H18N2O3. The van der Waals surface area contributed by atoms with E-state index in [-0.39, 0.29) is 11.8 Å². The van der Waals surface area contributed by atoms with Crippen LogP contribution in [0.25, 0.3) is 11.0 Å². The summed E-state index contributed by atoms with van der Waals surface area (Å²) in [4.78, 5) is 13.6. The Morgan fingerprint density at radius 1 is 1.35 bits per heavy atom. The van der Waals surface area contributed by atoms with Crippen LogP contribution in [-0.2, 0) is 6.54 Å². The van der Waals surface area contributed by atoms with Gasteiger partial charge in [-0.15, -0.1) is 0 Å². The van der Waals surface area contributed by atoms with E-state index in [1.807, 2.05) is 18.2 Å². The number of nitrogens with two attached hydrogens (primary N) is 1. The average molecular weight is 274 g/mol. The third-order valence-corrected chi connectivity index (χ3v) is 3.91. The van der Waals surface area contributed by atoms with E-state index in [0.29, 0.717) is 12.1 Å². The first-order chi connectivity index (χ1) is 9.65. The smallest absolute Gasteiger partial charge is 0.372 e. The third-order valence-electron chi connectivity index (χ3n) is 3.91. The second-order valence-electron chi connectivity index (χ2n) is 5.32. The molecule has 0 atom stereocenters. The van der Waals surface area contributed by atoms with Crippen LogP contribution < -0.4 is 5.73 Å². The van der Waals surface area contributed by atoms with Crippen molar-refractivity contribution >= 4 is 16.9 Å². The molecule has 20 heavy (non-hydrogen) atoms. The van der Waals surface area contributed by atoms with Crippen molar-refractivity contribution in [3.63, 3.8) is 0 Å². The number of hydrogen-bond donors (Lipinski definition) is 2. The number of aromatic carboxylic acids is 1. The SMILES string of the molecule is NC1CCN(Cc2c(C(=O)O)oc3ccccc23)CC1. The van der Waals surface area contributed by atoms with Crippen LogP contribution in [0.4, 0.5) is 0 Å². The van der Waals surface area contributed by atoms with E-state index in [2.05, 4.69) is 4.90 Å². The van der Waals surface area contributed by atoms with E-state index >= 15 is 0 Å². The number of benzene rings is 1. The molecule has 2 aromatic rings. The molecule has 0 radical (unpaired) electrons. The zero-order valence-corrected chi connectivity index (χ0v) is 11.2. The second kappa shape index (κ2) is 5.26. The number of piperidine rings is 1. The van der Waals surface area contributed by atoms with E-state index in [4.69, 9.17) is 10.2 Å². The van der Waals surface area contributed by atoms with Crippen LogP contribution >= 0.6 is 0 Å².